The van der Waals surface area contributed by atoms with Crippen LogP contribution in [0.2, 0.25) is 0 Å². The number of nitriles is 1. The number of nitrogens with zero attached hydrogens (tertiary/aromatic N) is 4. The summed E-state index contributed by atoms with van der Waals surface area (Å²) < 4.78 is 2.79. The van der Waals surface area contributed by atoms with E-state index in [4.69, 9.17) is 5.26 Å². The van der Waals surface area contributed by atoms with E-state index in [0.29, 0.717) is 18.8 Å². The fourth-order valence-electron chi connectivity index (χ4n) is 1.51. The Morgan fingerprint density at radius 3 is 2.71 bits per heavy atom. The Morgan fingerprint density at radius 2 is 2.06 bits per heavy atom. The first-order valence-corrected chi connectivity index (χ1v) is 6.04. The van der Waals surface area contributed by atoms with Gasteiger partial charge >= 0.3 is 0 Å². The summed E-state index contributed by atoms with van der Waals surface area (Å²) >= 11 is 3.39. The smallest absolute Gasteiger partial charge is 0.181 e. The Balaban J connectivity index is 2.28. The van der Waals surface area contributed by atoms with E-state index in [1.807, 2.05) is 31.2 Å². The van der Waals surface area contributed by atoms with Gasteiger partial charge in [0.15, 0.2) is 5.82 Å². The van der Waals surface area contributed by atoms with Crippen molar-refractivity contribution >= 4 is 15.9 Å². The van der Waals surface area contributed by atoms with E-state index in [0.717, 1.165) is 15.9 Å². The fraction of sp³-hybridized carbons (Fsp3) is 0.250. The predicted octanol–water partition coefficient (Wildman–Crippen LogP) is 2.93. The van der Waals surface area contributed by atoms with E-state index in [9.17, 15) is 0 Å². The molecule has 4 nitrogen and oxygen atoms in total. The van der Waals surface area contributed by atoms with Gasteiger partial charge in [-0.15, -0.1) is 0 Å². The van der Waals surface area contributed by atoms with Crippen molar-refractivity contribution in [2.24, 2.45) is 0 Å². The molecule has 0 radical (unpaired) electrons. The number of aromatic nitrogens is 3. The summed E-state index contributed by atoms with van der Waals surface area (Å²) in [6.07, 6.45) is 0.448. The molecule has 0 unspecified atom stereocenters. The molecule has 0 aliphatic carbocycles. The fourth-order valence-corrected chi connectivity index (χ4v) is 1.77. The van der Waals surface area contributed by atoms with Gasteiger partial charge in [-0.2, -0.15) is 10.4 Å². The van der Waals surface area contributed by atoms with Crippen LogP contribution in [0.5, 0.6) is 0 Å². The molecule has 0 spiro atoms. The van der Waals surface area contributed by atoms with E-state index in [2.05, 4.69) is 32.1 Å². The van der Waals surface area contributed by atoms with Gasteiger partial charge in [0.05, 0.1) is 19.0 Å². The maximum absolute atomic E-state index is 8.56. The Kier molecular flexibility index (Phi) is 3.55. The molecular formula is C12H11BrN4. The molecule has 1 heterocycles. The summed E-state index contributed by atoms with van der Waals surface area (Å²) in [7, 11) is 0. The maximum atomic E-state index is 8.56. The molecule has 0 N–H and O–H groups in total. The molecular weight excluding hydrogens is 280 g/mol. The van der Waals surface area contributed by atoms with Gasteiger partial charge in [0.25, 0.3) is 0 Å². The first-order valence-electron chi connectivity index (χ1n) is 5.25. The molecule has 2 rings (SSSR count). The molecule has 0 bridgehead atoms. The zero-order chi connectivity index (χ0) is 12.3. The van der Waals surface area contributed by atoms with Crippen LogP contribution in [0, 0.1) is 18.3 Å². The number of hydrogen-bond acceptors (Lipinski definition) is 3. The normalized spacial score (nSPS) is 10.2. The van der Waals surface area contributed by atoms with Crippen LogP contribution in [-0.2, 0) is 6.54 Å². The van der Waals surface area contributed by atoms with Gasteiger partial charge in [0.1, 0.15) is 5.82 Å². The average molecular weight is 291 g/mol. The largest absolute Gasteiger partial charge is 0.249 e. The van der Waals surface area contributed by atoms with Crippen LogP contribution in [0.4, 0.5) is 0 Å². The highest BCUT2D eigenvalue weighted by molar-refractivity contribution is 9.10. The molecule has 0 aliphatic rings. The van der Waals surface area contributed by atoms with Gasteiger partial charge in [-0.3, -0.25) is 0 Å². The van der Waals surface area contributed by atoms with Gasteiger partial charge in [-0.25, -0.2) is 9.67 Å². The summed E-state index contributed by atoms with van der Waals surface area (Å²) in [6, 6.07) is 9.95. The van der Waals surface area contributed by atoms with E-state index in [1.165, 1.54) is 0 Å². The molecule has 0 atom stereocenters. The number of benzene rings is 1. The van der Waals surface area contributed by atoms with E-state index in [-0.39, 0.29) is 0 Å². The van der Waals surface area contributed by atoms with Gasteiger partial charge in [-0.05, 0) is 19.1 Å². The lowest BCUT2D eigenvalue weighted by atomic mass is 10.2. The van der Waals surface area contributed by atoms with Crippen molar-refractivity contribution < 1.29 is 0 Å². The quantitative estimate of drug-likeness (QED) is 0.873. The topological polar surface area (TPSA) is 54.5 Å². The van der Waals surface area contributed by atoms with E-state index < -0.39 is 0 Å². The molecule has 0 fully saturated rings. The number of aryl methyl sites for hydroxylation is 2. The predicted molar refractivity (Wildman–Crippen MR) is 68.1 cm³/mol. The molecule has 1 aromatic heterocycles. The van der Waals surface area contributed by atoms with Crippen molar-refractivity contribution in [1.29, 1.82) is 5.26 Å². The van der Waals surface area contributed by atoms with Crippen LogP contribution in [0.15, 0.2) is 28.7 Å². The first-order chi connectivity index (χ1) is 8.20. The molecule has 17 heavy (non-hydrogen) atoms. The van der Waals surface area contributed by atoms with Crippen molar-refractivity contribution in [1.82, 2.24) is 14.8 Å². The minimum absolute atomic E-state index is 0.448. The molecule has 0 amide bonds. The second-order valence-corrected chi connectivity index (χ2v) is 4.54. The Labute approximate surface area is 108 Å². The summed E-state index contributed by atoms with van der Waals surface area (Å²) in [4.78, 5) is 4.39. The number of halogens is 1. The maximum Gasteiger partial charge on any atom is 0.181 e. The molecule has 0 saturated heterocycles. The van der Waals surface area contributed by atoms with Gasteiger partial charge < -0.3 is 0 Å². The lowest BCUT2D eigenvalue weighted by Crippen LogP contribution is -2.01. The minimum Gasteiger partial charge on any atom is -0.249 e. The van der Waals surface area contributed by atoms with Crippen LogP contribution >= 0.6 is 15.9 Å². The second kappa shape index (κ2) is 5.11. The summed E-state index contributed by atoms with van der Waals surface area (Å²) in [6.45, 7) is 2.48. The van der Waals surface area contributed by atoms with Crippen LogP contribution in [-0.4, -0.2) is 14.8 Å². The monoisotopic (exact) mass is 290 g/mol. The lowest BCUT2D eigenvalue weighted by molar-refractivity contribution is 0.608. The van der Waals surface area contributed by atoms with Crippen molar-refractivity contribution in [3.63, 3.8) is 0 Å². The van der Waals surface area contributed by atoms with Crippen molar-refractivity contribution in [2.75, 3.05) is 0 Å². The molecule has 5 heteroatoms. The highest BCUT2D eigenvalue weighted by atomic mass is 79.9. The highest BCUT2D eigenvalue weighted by Crippen LogP contribution is 2.18. The molecule has 2 aromatic rings. The van der Waals surface area contributed by atoms with Crippen LogP contribution in [0.3, 0.4) is 0 Å². The van der Waals surface area contributed by atoms with Crippen molar-refractivity contribution in [2.45, 2.75) is 19.9 Å². The van der Waals surface area contributed by atoms with Gasteiger partial charge in [-0.1, -0.05) is 28.1 Å². The standard InChI is InChI=1S/C12H11BrN4/c1-9-15-12(16-17(9)8-2-7-14)10-3-5-11(13)6-4-10/h3-6H,2,8H2,1H3. The summed E-state index contributed by atoms with van der Waals surface area (Å²) in [5, 5.41) is 12.9. The highest BCUT2D eigenvalue weighted by Gasteiger charge is 2.07. The third-order valence-corrected chi connectivity index (χ3v) is 2.92. The second-order valence-electron chi connectivity index (χ2n) is 3.62. The van der Waals surface area contributed by atoms with Crippen LogP contribution in [0.1, 0.15) is 12.2 Å². The first kappa shape index (κ1) is 11.8. The minimum atomic E-state index is 0.448. The number of rotatable bonds is 3. The Bertz CT molecular complexity index is 551. The molecule has 0 aliphatic heterocycles. The van der Waals surface area contributed by atoms with Crippen molar-refractivity contribution in [3.05, 3.63) is 34.6 Å². The zero-order valence-corrected chi connectivity index (χ0v) is 11.0. The molecule has 86 valence electrons. The van der Waals surface area contributed by atoms with E-state index in [1.54, 1.807) is 4.68 Å². The third kappa shape index (κ3) is 2.71. The van der Waals surface area contributed by atoms with Crippen LogP contribution in [0.25, 0.3) is 11.4 Å². The zero-order valence-electron chi connectivity index (χ0n) is 9.39. The SMILES string of the molecule is Cc1nc(-c2ccc(Br)cc2)nn1CCC#N. The van der Waals surface area contributed by atoms with Crippen LogP contribution < -0.4 is 0 Å². The molecule has 0 saturated carbocycles. The van der Waals surface area contributed by atoms with Crippen molar-refractivity contribution in [3.8, 4) is 17.5 Å². The third-order valence-electron chi connectivity index (χ3n) is 2.39. The van der Waals surface area contributed by atoms with Gasteiger partial charge in [0.2, 0.25) is 0 Å². The Hall–Kier alpha value is -1.67. The molecule has 1 aromatic carbocycles. The lowest BCUT2D eigenvalue weighted by Gasteiger charge is -1.97. The number of hydrogen-bond donors (Lipinski definition) is 0. The summed E-state index contributed by atoms with van der Waals surface area (Å²) in [5.74, 6) is 1.53. The average Bonchev–Trinajstić information content (AvgIpc) is 2.69. The van der Waals surface area contributed by atoms with E-state index >= 15 is 0 Å². The van der Waals surface area contributed by atoms with Gasteiger partial charge in [0, 0.05) is 10.0 Å². The summed E-state index contributed by atoms with van der Waals surface area (Å²) in [5.41, 5.74) is 0.979. The Morgan fingerprint density at radius 1 is 1.35 bits per heavy atom.